The molecule has 7 heteroatoms. The molecule has 0 saturated heterocycles. The number of rotatable bonds is 5. The number of nitrogens with one attached hydrogen (secondary N) is 1. The fourth-order valence-corrected chi connectivity index (χ4v) is 3.03. The Hall–Kier alpha value is -1.76. The number of ether oxygens (including phenoxy) is 1. The lowest BCUT2D eigenvalue weighted by atomic mass is 9.84. The van der Waals surface area contributed by atoms with Gasteiger partial charge in [0.2, 0.25) is 0 Å². The predicted octanol–water partition coefficient (Wildman–Crippen LogP) is 3.11. The first kappa shape index (κ1) is 18.6. The average molecular weight is 344 g/mol. The third kappa shape index (κ3) is 4.63. The van der Waals surface area contributed by atoms with Crippen molar-refractivity contribution < 1.29 is 22.7 Å². The molecule has 1 amide bonds. The van der Waals surface area contributed by atoms with Crippen molar-refractivity contribution in [2.75, 3.05) is 6.54 Å². The molecule has 134 valence electrons. The summed E-state index contributed by atoms with van der Waals surface area (Å²) in [7, 11) is 0. The van der Waals surface area contributed by atoms with Crippen molar-refractivity contribution in [2.45, 2.75) is 50.9 Å². The van der Waals surface area contributed by atoms with Gasteiger partial charge in [0.15, 0.2) is 6.10 Å². The zero-order valence-corrected chi connectivity index (χ0v) is 13.6. The van der Waals surface area contributed by atoms with E-state index in [1.54, 1.807) is 0 Å². The van der Waals surface area contributed by atoms with Gasteiger partial charge in [0, 0.05) is 6.04 Å². The van der Waals surface area contributed by atoms with Gasteiger partial charge in [-0.05, 0) is 44.4 Å². The Morgan fingerprint density at radius 3 is 2.67 bits per heavy atom. The summed E-state index contributed by atoms with van der Waals surface area (Å²) in [4.78, 5) is 12.3. The van der Waals surface area contributed by atoms with Crippen LogP contribution < -0.4 is 15.8 Å². The minimum Gasteiger partial charge on any atom is -0.480 e. The Balaban J connectivity index is 2.02. The number of hydrogen-bond acceptors (Lipinski definition) is 3. The van der Waals surface area contributed by atoms with Crippen LogP contribution in [0.1, 0.15) is 38.2 Å². The van der Waals surface area contributed by atoms with E-state index in [-0.39, 0.29) is 17.7 Å². The first-order valence-electron chi connectivity index (χ1n) is 8.16. The Morgan fingerprint density at radius 1 is 1.33 bits per heavy atom. The van der Waals surface area contributed by atoms with Crippen LogP contribution in [0.2, 0.25) is 0 Å². The van der Waals surface area contributed by atoms with Gasteiger partial charge in [-0.25, -0.2) is 0 Å². The minimum absolute atomic E-state index is 0.0415. The summed E-state index contributed by atoms with van der Waals surface area (Å²) in [5.41, 5.74) is 4.84. The van der Waals surface area contributed by atoms with Crippen LogP contribution in [0.25, 0.3) is 0 Å². The molecule has 0 aromatic heterocycles. The molecular formula is C17H23F3N2O2. The Morgan fingerprint density at radius 2 is 2.00 bits per heavy atom. The number of benzene rings is 1. The summed E-state index contributed by atoms with van der Waals surface area (Å²) in [5.74, 6) is -0.554. The molecule has 0 heterocycles. The van der Waals surface area contributed by atoms with Crippen LogP contribution in [-0.4, -0.2) is 24.6 Å². The molecule has 0 aliphatic heterocycles. The van der Waals surface area contributed by atoms with Gasteiger partial charge in [-0.15, -0.1) is 0 Å². The average Bonchev–Trinajstić information content (AvgIpc) is 2.54. The fourth-order valence-electron chi connectivity index (χ4n) is 3.03. The topological polar surface area (TPSA) is 64.3 Å². The van der Waals surface area contributed by atoms with Crippen molar-refractivity contribution >= 4 is 5.91 Å². The Bertz CT molecular complexity index is 563. The van der Waals surface area contributed by atoms with Crippen molar-refractivity contribution in [1.82, 2.24) is 5.32 Å². The van der Waals surface area contributed by atoms with Gasteiger partial charge in [-0.1, -0.05) is 25.0 Å². The van der Waals surface area contributed by atoms with Gasteiger partial charge >= 0.3 is 6.18 Å². The van der Waals surface area contributed by atoms with E-state index in [9.17, 15) is 18.0 Å². The lowest BCUT2D eigenvalue weighted by Crippen LogP contribution is -2.48. The van der Waals surface area contributed by atoms with Crippen LogP contribution >= 0.6 is 0 Å². The molecule has 1 fully saturated rings. The number of para-hydroxylation sites is 1. The van der Waals surface area contributed by atoms with Gasteiger partial charge in [0.05, 0.1) is 5.56 Å². The monoisotopic (exact) mass is 344 g/mol. The van der Waals surface area contributed by atoms with Crippen LogP contribution in [0.4, 0.5) is 13.2 Å². The van der Waals surface area contributed by atoms with Crippen LogP contribution in [0.15, 0.2) is 24.3 Å². The molecule has 0 spiro atoms. The molecule has 4 nitrogen and oxygen atoms in total. The van der Waals surface area contributed by atoms with Crippen molar-refractivity contribution in [3.8, 4) is 5.75 Å². The van der Waals surface area contributed by atoms with Crippen LogP contribution in [0, 0.1) is 5.92 Å². The molecule has 1 aromatic rings. The second kappa shape index (κ2) is 7.88. The van der Waals surface area contributed by atoms with E-state index >= 15 is 0 Å². The van der Waals surface area contributed by atoms with Crippen LogP contribution in [0.3, 0.4) is 0 Å². The number of nitrogens with two attached hydrogens (primary N) is 1. The van der Waals surface area contributed by atoms with Crippen molar-refractivity contribution in [3.63, 3.8) is 0 Å². The predicted molar refractivity (Wildman–Crippen MR) is 84.5 cm³/mol. The number of carbonyl (C=O) groups is 1. The molecule has 1 aliphatic carbocycles. The number of amides is 1. The maximum Gasteiger partial charge on any atom is 0.419 e. The van der Waals surface area contributed by atoms with E-state index in [1.807, 2.05) is 0 Å². The summed E-state index contributed by atoms with van der Waals surface area (Å²) in [5, 5.41) is 2.87. The molecule has 0 bridgehead atoms. The quantitative estimate of drug-likeness (QED) is 0.863. The van der Waals surface area contributed by atoms with Gasteiger partial charge in [0.1, 0.15) is 5.75 Å². The number of halogens is 3. The number of carbonyl (C=O) groups excluding carboxylic acids is 1. The van der Waals surface area contributed by atoms with Gasteiger partial charge in [-0.2, -0.15) is 13.2 Å². The highest BCUT2D eigenvalue weighted by Gasteiger charge is 2.35. The maximum atomic E-state index is 13.0. The first-order chi connectivity index (χ1) is 11.3. The molecule has 24 heavy (non-hydrogen) atoms. The normalized spacial score (nSPS) is 22.7. The molecule has 3 unspecified atom stereocenters. The number of hydrogen-bond donors (Lipinski definition) is 2. The van der Waals surface area contributed by atoms with E-state index in [4.69, 9.17) is 10.5 Å². The van der Waals surface area contributed by atoms with E-state index in [0.717, 1.165) is 31.7 Å². The Kier molecular flexibility index (Phi) is 6.10. The largest absolute Gasteiger partial charge is 0.480 e. The van der Waals surface area contributed by atoms with Crippen molar-refractivity contribution in [2.24, 2.45) is 11.7 Å². The first-order valence-corrected chi connectivity index (χ1v) is 8.16. The standard InChI is InChI=1S/C17H23F3N2O2/c1-11(16(23)22-14-8-4-2-6-12(14)10-21)24-15-9-5-3-7-13(15)17(18,19)20/h3,5,7,9,11-12,14H,2,4,6,8,10,21H2,1H3,(H,22,23). The molecule has 1 aromatic carbocycles. The SMILES string of the molecule is CC(Oc1ccccc1C(F)(F)F)C(=O)NC1CCCCC1CN. The zero-order chi connectivity index (χ0) is 17.7. The maximum absolute atomic E-state index is 13.0. The third-order valence-corrected chi connectivity index (χ3v) is 4.40. The van der Waals surface area contributed by atoms with Crippen LogP contribution in [0.5, 0.6) is 5.75 Å². The second-order valence-corrected chi connectivity index (χ2v) is 6.15. The Labute approximate surface area is 139 Å². The van der Waals surface area contributed by atoms with E-state index in [1.165, 1.54) is 25.1 Å². The summed E-state index contributed by atoms with van der Waals surface area (Å²) < 4.78 is 44.2. The second-order valence-electron chi connectivity index (χ2n) is 6.15. The molecule has 3 atom stereocenters. The minimum atomic E-state index is -4.53. The smallest absolute Gasteiger partial charge is 0.419 e. The molecule has 3 N–H and O–H groups in total. The molecule has 0 radical (unpaired) electrons. The zero-order valence-electron chi connectivity index (χ0n) is 13.6. The molecule has 2 rings (SSSR count). The lowest BCUT2D eigenvalue weighted by Gasteiger charge is -2.32. The molecule has 1 saturated carbocycles. The van der Waals surface area contributed by atoms with E-state index in [0.29, 0.717) is 6.54 Å². The van der Waals surface area contributed by atoms with E-state index < -0.39 is 23.8 Å². The summed E-state index contributed by atoms with van der Waals surface area (Å²) in [6.45, 7) is 1.93. The van der Waals surface area contributed by atoms with Crippen LogP contribution in [-0.2, 0) is 11.0 Å². The summed E-state index contributed by atoms with van der Waals surface area (Å²) in [6.07, 6.45) is -1.67. The van der Waals surface area contributed by atoms with Gasteiger partial charge < -0.3 is 15.8 Å². The highest BCUT2D eigenvalue weighted by molar-refractivity contribution is 5.81. The van der Waals surface area contributed by atoms with Gasteiger partial charge in [0.25, 0.3) is 5.91 Å². The summed E-state index contributed by atoms with van der Waals surface area (Å²) in [6, 6.07) is 4.84. The number of alkyl halides is 3. The van der Waals surface area contributed by atoms with E-state index in [2.05, 4.69) is 5.32 Å². The summed E-state index contributed by atoms with van der Waals surface area (Å²) >= 11 is 0. The van der Waals surface area contributed by atoms with Gasteiger partial charge in [-0.3, -0.25) is 4.79 Å². The van der Waals surface area contributed by atoms with Crippen molar-refractivity contribution in [3.05, 3.63) is 29.8 Å². The highest BCUT2D eigenvalue weighted by atomic mass is 19.4. The highest BCUT2D eigenvalue weighted by Crippen LogP contribution is 2.36. The van der Waals surface area contributed by atoms with Crippen molar-refractivity contribution in [1.29, 1.82) is 0 Å². The fraction of sp³-hybridized carbons (Fsp3) is 0.588. The third-order valence-electron chi connectivity index (χ3n) is 4.40. The molecular weight excluding hydrogens is 321 g/mol. The molecule has 1 aliphatic rings. The lowest BCUT2D eigenvalue weighted by molar-refractivity contribution is -0.141.